The summed E-state index contributed by atoms with van der Waals surface area (Å²) in [4.78, 5) is 51.3. The monoisotopic (exact) mass is 636 g/mol. The molecule has 0 unspecified atom stereocenters. The summed E-state index contributed by atoms with van der Waals surface area (Å²) in [5, 5.41) is 2.67. The van der Waals surface area contributed by atoms with Crippen molar-refractivity contribution in [2.45, 2.75) is 0 Å². The van der Waals surface area contributed by atoms with Crippen LogP contribution >= 0.6 is 45.8 Å². The Balaban J connectivity index is 1.62. The van der Waals surface area contributed by atoms with Crippen molar-refractivity contribution in [1.82, 2.24) is 5.32 Å². The quantitative estimate of drug-likeness (QED) is 0.131. The van der Waals surface area contributed by atoms with Gasteiger partial charge in [0.25, 0.3) is 11.8 Å². The highest BCUT2D eigenvalue weighted by atomic mass is 127. The molecule has 1 fully saturated rings. The number of rotatable bonds is 5. The standard InChI is InChI=1S/C25H15Cl2IN2O6/c1-35-21-11-13(2-9-20(21)36-24(33)17-8-3-14(26)12-19(17)27)10-18-22(31)29-25(34)30(23(18)32)16-6-4-15(28)5-7-16/h2-12H,1H3,(H,29,31,34)/b18-10+. The number of amides is 4. The second kappa shape index (κ2) is 10.7. The number of benzene rings is 3. The number of imide groups is 2. The van der Waals surface area contributed by atoms with E-state index in [2.05, 4.69) is 27.9 Å². The SMILES string of the molecule is COc1cc(/C=C2\C(=O)NC(=O)N(c3ccc(I)cc3)C2=O)ccc1OC(=O)c1ccc(Cl)cc1Cl. The van der Waals surface area contributed by atoms with Crippen molar-refractivity contribution in [2.24, 2.45) is 0 Å². The molecule has 0 radical (unpaired) electrons. The molecule has 1 aliphatic rings. The van der Waals surface area contributed by atoms with Gasteiger partial charge in [-0.3, -0.25) is 14.9 Å². The van der Waals surface area contributed by atoms with E-state index in [1.807, 2.05) is 0 Å². The fraction of sp³-hybridized carbons (Fsp3) is 0.0400. The number of barbiturate groups is 1. The minimum absolute atomic E-state index is 0.0887. The third-order valence-corrected chi connectivity index (χ3v) is 6.31. The van der Waals surface area contributed by atoms with Crippen molar-refractivity contribution in [2.75, 3.05) is 12.0 Å². The van der Waals surface area contributed by atoms with Gasteiger partial charge in [-0.1, -0.05) is 29.3 Å². The molecule has 1 aliphatic heterocycles. The van der Waals surface area contributed by atoms with Gasteiger partial charge in [0, 0.05) is 8.59 Å². The van der Waals surface area contributed by atoms with Crippen LogP contribution in [-0.2, 0) is 9.59 Å². The molecular weight excluding hydrogens is 622 g/mol. The molecule has 3 aromatic rings. The molecule has 11 heteroatoms. The van der Waals surface area contributed by atoms with Crippen molar-refractivity contribution in [3.8, 4) is 11.5 Å². The van der Waals surface area contributed by atoms with Crippen LogP contribution in [0.1, 0.15) is 15.9 Å². The molecule has 1 heterocycles. The molecule has 0 spiro atoms. The highest BCUT2D eigenvalue weighted by Crippen LogP contribution is 2.31. The third kappa shape index (κ3) is 5.38. The lowest BCUT2D eigenvalue weighted by Crippen LogP contribution is -2.54. The van der Waals surface area contributed by atoms with Gasteiger partial charge in [0.15, 0.2) is 11.5 Å². The Bertz CT molecular complexity index is 1440. The van der Waals surface area contributed by atoms with Crippen LogP contribution in [0.15, 0.2) is 66.2 Å². The van der Waals surface area contributed by atoms with Crippen molar-refractivity contribution < 1.29 is 28.7 Å². The van der Waals surface area contributed by atoms with E-state index in [9.17, 15) is 19.2 Å². The summed E-state index contributed by atoms with van der Waals surface area (Å²) in [6.45, 7) is 0. The maximum absolute atomic E-state index is 13.1. The van der Waals surface area contributed by atoms with Crippen LogP contribution in [0.4, 0.5) is 10.5 Å². The van der Waals surface area contributed by atoms with Gasteiger partial charge < -0.3 is 9.47 Å². The second-order valence-corrected chi connectivity index (χ2v) is 9.45. The zero-order valence-electron chi connectivity index (χ0n) is 18.4. The molecule has 0 atom stereocenters. The molecule has 182 valence electrons. The Labute approximate surface area is 228 Å². The lowest BCUT2D eigenvalue weighted by atomic mass is 10.1. The minimum atomic E-state index is -0.843. The minimum Gasteiger partial charge on any atom is -0.493 e. The van der Waals surface area contributed by atoms with Crippen LogP contribution in [-0.4, -0.2) is 30.9 Å². The highest BCUT2D eigenvalue weighted by Gasteiger charge is 2.36. The van der Waals surface area contributed by atoms with Crippen LogP contribution in [0.3, 0.4) is 0 Å². The topological polar surface area (TPSA) is 102 Å². The van der Waals surface area contributed by atoms with E-state index in [1.54, 1.807) is 24.3 Å². The summed E-state index contributed by atoms with van der Waals surface area (Å²) in [5.41, 5.74) is 0.565. The third-order valence-electron chi connectivity index (χ3n) is 5.04. The average Bonchev–Trinajstić information content (AvgIpc) is 2.83. The van der Waals surface area contributed by atoms with Gasteiger partial charge in [-0.2, -0.15) is 0 Å². The molecule has 1 N–H and O–H groups in total. The van der Waals surface area contributed by atoms with E-state index in [0.29, 0.717) is 16.3 Å². The number of hydrogen-bond acceptors (Lipinski definition) is 6. The summed E-state index contributed by atoms with van der Waals surface area (Å²) in [5.74, 6) is -2.09. The number of nitrogens with one attached hydrogen (secondary N) is 1. The molecule has 1 saturated heterocycles. The number of methoxy groups -OCH3 is 1. The van der Waals surface area contributed by atoms with Crippen LogP contribution in [0.25, 0.3) is 6.08 Å². The molecule has 4 amide bonds. The molecule has 0 bridgehead atoms. The zero-order chi connectivity index (χ0) is 26.0. The van der Waals surface area contributed by atoms with E-state index < -0.39 is 23.8 Å². The zero-order valence-corrected chi connectivity index (χ0v) is 22.1. The van der Waals surface area contributed by atoms with Crippen LogP contribution < -0.4 is 19.7 Å². The maximum Gasteiger partial charge on any atom is 0.345 e. The predicted molar refractivity (Wildman–Crippen MR) is 143 cm³/mol. The molecule has 4 rings (SSSR count). The number of ether oxygens (including phenoxy) is 2. The molecule has 0 saturated carbocycles. The first-order valence-corrected chi connectivity index (χ1v) is 12.0. The summed E-state index contributed by atoms with van der Waals surface area (Å²) < 4.78 is 11.7. The number of halogens is 3. The average molecular weight is 637 g/mol. The van der Waals surface area contributed by atoms with Gasteiger partial charge >= 0.3 is 12.0 Å². The molecular formula is C25H15Cl2IN2O6. The van der Waals surface area contributed by atoms with Crippen LogP contribution in [0, 0.1) is 3.57 Å². The van der Waals surface area contributed by atoms with Gasteiger partial charge in [0.1, 0.15) is 5.57 Å². The van der Waals surface area contributed by atoms with Crippen LogP contribution in [0.2, 0.25) is 10.0 Å². The maximum atomic E-state index is 13.1. The summed E-state index contributed by atoms with van der Waals surface area (Å²) >= 11 is 14.0. The van der Waals surface area contributed by atoms with Gasteiger partial charge in [0.2, 0.25) is 0 Å². The van der Waals surface area contributed by atoms with E-state index in [4.69, 9.17) is 32.7 Å². The van der Waals surface area contributed by atoms with Crippen molar-refractivity contribution >= 4 is 81.4 Å². The van der Waals surface area contributed by atoms with Gasteiger partial charge in [-0.15, -0.1) is 0 Å². The number of nitrogens with zero attached hydrogens (tertiary/aromatic N) is 1. The summed E-state index contributed by atoms with van der Waals surface area (Å²) in [7, 11) is 1.37. The Morgan fingerprint density at radius 1 is 0.972 bits per heavy atom. The molecule has 0 aliphatic carbocycles. The van der Waals surface area contributed by atoms with Crippen molar-refractivity contribution in [1.29, 1.82) is 0 Å². The van der Waals surface area contributed by atoms with Gasteiger partial charge in [-0.25, -0.2) is 14.5 Å². The summed E-state index contributed by atoms with van der Waals surface area (Å²) in [6, 6.07) is 14.6. The smallest absolute Gasteiger partial charge is 0.345 e. The molecule has 8 nitrogen and oxygen atoms in total. The normalized spacial score (nSPS) is 14.6. The largest absolute Gasteiger partial charge is 0.493 e. The van der Waals surface area contributed by atoms with Gasteiger partial charge in [-0.05, 0) is 88.8 Å². The number of anilines is 1. The van der Waals surface area contributed by atoms with E-state index in [0.717, 1.165) is 8.47 Å². The lowest BCUT2D eigenvalue weighted by molar-refractivity contribution is -0.122. The Hall–Kier alpha value is -3.41. The van der Waals surface area contributed by atoms with E-state index >= 15 is 0 Å². The first-order chi connectivity index (χ1) is 17.2. The Morgan fingerprint density at radius 3 is 2.36 bits per heavy atom. The van der Waals surface area contributed by atoms with E-state index in [-0.39, 0.29) is 27.7 Å². The first-order valence-electron chi connectivity index (χ1n) is 10.2. The fourth-order valence-corrected chi connectivity index (χ4v) is 4.16. The molecule has 3 aromatic carbocycles. The second-order valence-electron chi connectivity index (χ2n) is 7.36. The Kier molecular flexibility index (Phi) is 7.62. The Morgan fingerprint density at radius 2 is 1.69 bits per heavy atom. The first kappa shape index (κ1) is 25.7. The van der Waals surface area contributed by atoms with Gasteiger partial charge in [0.05, 0.1) is 23.4 Å². The lowest BCUT2D eigenvalue weighted by Gasteiger charge is -2.26. The molecule has 0 aromatic heterocycles. The number of carbonyl (C=O) groups excluding carboxylic acids is 4. The van der Waals surface area contributed by atoms with Crippen molar-refractivity contribution in [3.05, 3.63) is 91.0 Å². The summed E-state index contributed by atoms with van der Waals surface area (Å²) in [6.07, 6.45) is 1.31. The highest BCUT2D eigenvalue weighted by molar-refractivity contribution is 14.1. The number of carbonyl (C=O) groups is 4. The number of hydrogen-bond donors (Lipinski definition) is 1. The number of esters is 1. The van der Waals surface area contributed by atoms with Crippen molar-refractivity contribution in [3.63, 3.8) is 0 Å². The van der Waals surface area contributed by atoms with E-state index in [1.165, 1.54) is 49.6 Å². The predicted octanol–water partition coefficient (Wildman–Crippen LogP) is 5.49. The van der Waals surface area contributed by atoms with Crippen LogP contribution in [0.5, 0.6) is 11.5 Å². The fourth-order valence-electron chi connectivity index (χ4n) is 3.32. The molecule has 36 heavy (non-hydrogen) atoms. The number of urea groups is 1.